The van der Waals surface area contributed by atoms with Crippen LogP contribution < -0.4 is 0 Å². The number of esters is 2. The Morgan fingerprint density at radius 2 is 1.75 bits per heavy atom. The van der Waals surface area contributed by atoms with Gasteiger partial charge in [-0.25, -0.2) is 9.59 Å². The number of carbonyl (C=O) groups excluding carboxylic acids is 3. The molecule has 0 N–H and O–H groups in total. The van der Waals surface area contributed by atoms with Crippen LogP contribution in [0.1, 0.15) is 28.8 Å². The van der Waals surface area contributed by atoms with E-state index in [4.69, 9.17) is 9.47 Å². The number of amides is 1. The molecule has 32 heavy (non-hydrogen) atoms. The Morgan fingerprint density at radius 3 is 2.44 bits per heavy atom. The number of nitro groups is 1. The van der Waals surface area contributed by atoms with Crippen molar-refractivity contribution in [3.63, 3.8) is 0 Å². The number of benzene rings is 2. The molecule has 0 radical (unpaired) electrons. The van der Waals surface area contributed by atoms with Crippen LogP contribution in [0.3, 0.4) is 0 Å². The normalized spacial score (nSPS) is 18.9. The fourth-order valence-corrected chi connectivity index (χ4v) is 3.87. The smallest absolute Gasteiger partial charge is 0.355 e. The monoisotopic (exact) mass is 436 g/mol. The van der Waals surface area contributed by atoms with Crippen molar-refractivity contribution in [3.8, 4) is 0 Å². The number of rotatable bonds is 8. The van der Waals surface area contributed by atoms with Crippen LogP contribution in [0.5, 0.6) is 0 Å². The Balaban J connectivity index is 1.24. The molecule has 2 aliphatic rings. The van der Waals surface area contributed by atoms with E-state index in [0.717, 1.165) is 0 Å². The van der Waals surface area contributed by atoms with Crippen LogP contribution in [0, 0.1) is 16.0 Å². The van der Waals surface area contributed by atoms with Gasteiger partial charge in [-0.2, -0.15) is 0 Å². The molecule has 0 aliphatic carbocycles. The molecular weight excluding hydrogens is 416 g/mol. The van der Waals surface area contributed by atoms with E-state index >= 15 is 0 Å². The average molecular weight is 436 g/mol. The summed E-state index contributed by atoms with van der Waals surface area (Å²) in [6.45, 7) is 0.0636. The summed E-state index contributed by atoms with van der Waals surface area (Å²) in [6, 6.07) is 14.2. The second kappa shape index (κ2) is 9.01. The molecule has 2 atom stereocenters. The van der Waals surface area contributed by atoms with Gasteiger partial charge >= 0.3 is 11.9 Å². The molecule has 1 amide bonds. The molecule has 0 aromatic heterocycles. The predicted octanol–water partition coefficient (Wildman–Crippen LogP) is 3.00. The van der Waals surface area contributed by atoms with Crippen molar-refractivity contribution >= 4 is 23.5 Å². The summed E-state index contributed by atoms with van der Waals surface area (Å²) in [6.07, 6.45) is 2.60. The number of carbonyl (C=O) groups is 3. The topological polar surface area (TPSA) is 116 Å². The SMILES string of the molecule is O=C(OCc1ccc([N+](=O)[O-])cc1)C1=CC[C@H]2C(CCOC(=O)c3ccccc3)C(=O)N12. The first kappa shape index (κ1) is 21.2. The Labute approximate surface area is 183 Å². The Hall–Kier alpha value is -4.01. The van der Waals surface area contributed by atoms with Gasteiger partial charge < -0.3 is 14.4 Å². The Kier molecular flexibility index (Phi) is 5.98. The van der Waals surface area contributed by atoms with Crippen molar-refractivity contribution in [1.82, 2.24) is 4.90 Å². The highest BCUT2D eigenvalue weighted by atomic mass is 16.6. The van der Waals surface area contributed by atoms with Gasteiger partial charge in [0.2, 0.25) is 5.91 Å². The quantitative estimate of drug-likeness (QED) is 0.270. The third-order valence-electron chi connectivity index (χ3n) is 5.56. The molecule has 9 nitrogen and oxygen atoms in total. The maximum Gasteiger partial charge on any atom is 0.355 e. The molecule has 2 aromatic rings. The number of non-ortho nitro benzene ring substituents is 1. The molecule has 4 rings (SSSR count). The summed E-state index contributed by atoms with van der Waals surface area (Å²) in [4.78, 5) is 48.6. The Morgan fingerprint density at radius 1 is 1.03 bits per heavy atom. The van der Waals surface area contributed by atoms with Gasteiger partial charge in [-0.15, -0.1) is 0 Å². The highest BCUT2D eigenvalue weighted by Crippen LogP contribution is 2.40. The second-order valence-corrected chi connectivity index (χ2v) is 7.50. The number of hydrogen-bond acceptors (Lipinski definition) is 7. The van der Waals surface area contributed by atoms with Gasteiger partial charge in [0.1, 0.15) is 12.3 Å². The lowest BCUT2D eigenvalue weighted by atomic mass is 9.85. The summed E-state index contributed by atoms with van der Waals surface area (Å²) in [5.74, 6) is -1.56. The maximum absolute atomic E-state index is 12.6. The van der Waals surface area contributed by atoms with Crippen LogP contribution in [-0.4, -0.2) is 40.3 Å². The molecule has 0 bridgehead atoms. The number of ether oxygens (including phenoxy) is 2. The van der Waals surface area contributed by atoms with E-state index in [1.165, 1.54) is 29.2 Å². The van der Waals surface area contributed by atoms with Gasteiger partial charge in [0.25, 0.3) is 5.69 Å². The summed E-state index contributed by atoms with van der Waals surface area (Å²) >= 11 is 0. The fraction of sp³-hybridized carbons (Fsp3) is 0.261. The summed E-state index contributed by atoms with van der Waals surface area (Å²) < 4.78 is 10.5. The second-order valence-electron chi connectivity index (χ2n) is 7.50. The third-order valence-corrected chi connectivity index (χ3v) is 5.56. The minimum atomic E-state index is -0.617. The Bertz CT molecular complexity index is 1080. The molecule has 2 aliphatic heterocycles. The summed E-state index contributed by atoms with van der Waals surface area (Å²) in [5.41, 5.74) is 1.22. The average Bonchev–Trinajstić information content (AvgIpc) is 3.21. The van der Waals surface area contributed by atoms with Gasteiger partial charge in [0.15, 0.2) is 0 Å². The van der Waals surface area contributed by atoms with Gasteiger partial charge in [0, 0.05) is 12.1 Å². The lowest BCUT2D eigenvalue weighted by Gasteiger charge is -2.43. The number of nitro benzene ring substituents is 1. The first-order valence-corrected chi connectivity index (χ1v) is 10.1. The zero-order chi connectivity index (χ0) is 22.7. The fourth-order valence-electron chi connectivity index (χ4n) is 3.87. The lowest BCUT2D eigenvalue weighted by Crippen LogP contribution is -2.58. The van der Waals surface area contributed by atoms with Crippen molar-refractivity contribution in [3.05, 3.63) is 87.6 Å². The lowest BCUT2D eigenvalue weighted by molar-refractivity contribution is -0.384. The molecular formula is C23H20N2O7. The zero-order valence-electron chi connectivity index (χ0n) is 17.0. The molecule has 0 spiro atoms. The van der Waals surface area contributed by atoms with E-state index in [0.29, 0.717) is 24.0 Å². The van der Waals surface area contributed by atoms with Gasteiger partial charge in [0.05, 0.1) is 29.1 Å². The van der Waals surface area contributed by atoms with E-state index in [9.17, 15) is 24.5 Å². The minimum absolute atomic E-state index is 0.0481. The molecule has 2 aromatic carbocycles. The molecule has 0 saturated carbocycles. The van der Waals surface area contributed by atoms with Crippen molar-refractivity contribution in [2.24, 2.45) is 5.92 Å². The molecule has 1 fully saturated rings. The van der Waals surface area contributed by atoms with Gasteiger partial charge in [-0.3, -0.25) is 14.9 Å². The highest BCUT2D eigenvalue weighted by Gasteiger charge is 2.52. The van der Waals surface area contributed by atoms with E-state index in [2.05, 4.69) is 0 Å². The van der Waals surface area contributed by atoms with Crippen molar-refractivity contribution in [1.29, 1.82) is 0 Å². The van der Waals surface area contributed by atoms with Gasteiger partial charge in [-0.1, -0.05) is 24.3 Å². The highest BCUT2D eigenvalue weighted by molar-refractivity contribution is 5.99. The summed E-state index contributed by atoms with van der Waals surface area (Å²) in [7, 11) is 0. The first-order valence-electron chi connectivity index (χ1n) is 10.1. The van der Waals surface area contributed by atoms with Crippen LogP contribution in [0.4, 0.5) is 5.69 Å². The molecule has 164 valence electrons. The van der Waals surface area contributed by atoms with E-state index < -0.39 is 16.9 Å². The number of hydrogen-bond donors (Lipinski definition) is 0. The van der Waals surface area contributed by atoms with Crippen LogP contribution in [-0.2, 0) is 25.7 Å². The zero-order valence-corrected chi connectivity index (χ0v) is 17.0. The number of fused-ring (bicyclic) bond motifs is 1. The van der Waals surface area contributed by atoms with Crippen LogP contribution in [0.15, 0.2) is 66.4 Å². The van der Waals surface area contributed by atoms with Crippen LogP contribution in [0.25, 0.3) is 0 Å². The van der Waals surface area contributed by atoms with Crippen molar-refractivity contribution in [2.75, 3.05) is 6.61 Å². The van der Waals surface area contributed by atoms with E-state index in [1.54, 1.807) is 36.4 Å². The van der Waals surface area contributed by atoms with Crippen molar-refractivity contribution < 1.29 is 28.8 Å². The minimum Gasteiger partial charge on any atom is -0.462 e. The molecule has 9 heteroatoms. The van der Waals surface area contributed by atoms with E-state index in [-0.39, 0.29) is 42.5 Å². The number of nitrogens with zero attached hydrogens (tertiary/aromatic N) is 2. The first-order chi connectivity index (χ1) is 15.5. The number of β-lactam (4-membered cyclic amide) rings is 1. The van der Waals surface area contributed by atoms with Gasteiger partial charge in [-0.05, 0) is 42.7 Å². The summed E-state index contributed by atoms with van der Waals surface area (Å²) in [5, 5.41) is 10.7. The molecule has 1 unspecified atom stereocenters. The van der Waals surface area contributed by atoms with Crippen LogP contribution >= 0.6 is 0 Å². The molecule has 2 heterocycles. The van der Waals surface area contributed by atoms with Crippen molar-refractivity contribution in [2.45, 2.75) is 25.5 Å². The maximum atomic E-state index is 12.6. The standard InChI is InChI=1S/C23H20N2O7/c26-21-18(12-13-31-22(27)16-4-2-1-3-5-16)19-10-11-20(24(19)21)23(28)32-14-15-6-8-17(9-7-15)25(29)30/h1-9,11,18-19H,10,12-14H2/t18?,19-/m0/s1. The predicted molar refractivity (Wildman–Crippen MR) is 111 cm³/mol. The molecule has 1 saturated heterocycles. The van der Waals surface area contributed by atoms with E-state index in [1.807, 2.05) is 0 Å². The largest absolute Gasteiger partial charge is 0.462 e. The van der Waals surface area contributed by atoms with Crippen LogP contribution in [0.2, 0.25) is 0 Å². The third kappa shape index (κ3) is 4.22.